The van der Waals surface area contributed by atoms with E-state index in [1.807, 2.05) is 25.1 Å². The SMILES string of the molecule is Cc1ccc(-n2cc(Cl)cn2)cc1Br. The van der Waals surface area contributed by atoms with E-state index in [0.717, 1.165) is 10.2 Å². The van der Waals surface area contributed by atoms with Crippen molar-refractivity contribution >= 4 is 27.5 Å². The van der Waals surface area contributed by atoms with Gasteiger partial charge in [0.05, 0.1) is 16.9 Å². The summed E-state index contributed by atoms with van der Waals surface area (Å²) in [6.45, 7) is 2.05. The molecule has 4 heteroatoms. The number of aromatic nitrogens is 2. The molecule has 2 nitrogen and oxygen atoms in total. The molecule has 0 amide bonds. The molecule has 0 unspecified atom stereocenters. The summed E-state index contributed by atoms with van der Waals surface area (Å²) in [7, 11) is 0. The van der Waals surface area contributed by atoms with Crippen molar-refractivity contribution in [3.05, 3.63) is 45.7 Å². The van der Waals surface area contributed by atoms with Gasteiger partial charge in [0.15, 0.2) is 0 Å². The van der Waals surface area contributed by atoms with Crippen LogP contribution < -0.4 is 0 Å². The molecular weight excluding hydrogens is 263 g/mol. The van der Waals surface area contributed by atoms with Crippen molar-refractivity contribution in [3.63, 3.8) is 0 Å². The van der Waals surface area contributed by atoms with Crippen molar-refractivity contribution < 1.29 is 0 Å². The zero-order valence-corrected chi connectivity index (χ0v) is 9.88. The van der Waals surface area contributed by atoms with E-state index in [1.54, 1.807) is 17.1 Å². The van der Waals surface area contributed by atoms with Gasteiger partial charge in [0.2, 0.25) is 0 Å². The Morgan fingerprint density at radius 3 is 2.79 bits per heavy atom. The molecule has 0 spiro atoms. The second-order valence-corrected chi connectivity index (χ2v) is 4.33. The molecule has 0 saturated heterocycles. The Bertz CT molecular complexity index is 465. The van der Waals surface area contributed by atoms with Gasteiger partial charge in [0.1, 0.15) is 0 Å². The fraction of sp³-hybridized carbons (Fsp3) is 0.100. The summed E-state index contributed by atoms with van der Waals surface area (Å²) in [6, 6.07) is 6.05. The minimum atomic E-state index is 0.640. The van der Waals surface area contributed by atoms with Gasteiger partial charge in [-0.3, -0.25) is 0 Å². The van der Waals surface area contributed by atoms with Gasteiger partial charge < -0.3 is 0 Å². The Morgan fingerprint density at radius 2 is 2.21 bits per heavy atom. The highest BCUT2D eigenvalue weighted by molar-refractivity contribution is 9.10. The number of aryl methyl sites for hydroxylation is 1. The van der Waals surface area contributed by atoms with E-state index in [2.05, 4.69) is 21.0 Å². The predicted octanol–water partition coefficient (Wildman–Crippen LogP) is 3.60. The molecule has 0 saturated carbocycles. The van der Waals surface area contributed by atoms with Gasteiger partial charge in [-0.25, -0.2) is 4.68 Å². The molecule has 0 aliphatic carbocycles. The van der Waals surface area contributed by atoms with Gasteiger partial charge in [0, 0.05) is 10.7 Å². The van der Waals surface area contributed by atoms with Crippen LogP contribution >= 0.6 is 27.5 Å². The van der Waals surface area contributed by atoms with Crippen LogP contribution in [0, 0.1) is 6.92 Å². The van der Waals surface area contributed by atoms with Crippen molar-refractivity contribution in [2.75, 3.05) is 0 Å². The molecule has 14 heavy (non-hydrogen) atoms. The van der Waals surface area contributed by atoms with Crippen LogP contribution in [0.2, 0.25) is 5.02 Å². The first-order chi connectivity index (χ1) is 6.66. The lowest BCUT2D eigenvalue weighted by atomic mass is 10.2. The van der Waals surface area contributed by atoms with E-state index >= 15 is 0 Å². The van der Waals surface area contributed by atoms with E-state index in [0.29, 0.717) is 5.02 Å². The summed E-state index contributed by atoms with van der Waals surface area (Å²) in [5.41, 5.74) is 2.20. The van der Waals surface area contributed by atoms with Crippen LogP contribution in [-0.4, -0.2) is 9.78 Å². The van der Waals surface area contributed by atoms with Crippen molar-refractivity contribution in [2.24, 2.45) is 0 Å². The largest absolute Gasteiger partial charge is 0.239 e. The second kappa shape index (κ2) is 3.75. The van der Waals surface area contributed by atoms with E-state index in [1.165, 1.54) is 5.56 Å². The van der Waals surface area contributed by atoms with Crippen LogP contribution in [0.5, 0.6) is 0 Å². The maximum atomic E-state index is 5.79. The van der Waals surface area contributed by atoms with Crippen molar-refractivity contribution in [1.82, 2.24) is 9.78 Å². The van der Waals surface area contributed by atoms with Crippen LogP contribution in [-0.2, 0) is 0 Å². The zero-order valence-electron chi connectivity index (χ0n) is 7.54. The predicted molar refractivity (Wildman–Crippen MR) is 61.0 cm³/mol. The third-order valence-corrected chi connectivity index (χ3v) is 3.02. The molecule has 1 aromatic heterocycles. The highest BCUT2D eigenvalue weighted by Gasteiger charge is 2.01. The van der Waals surface area contributed by atoms with E-state index < -0.39 is 0 Å². The monoisotopic (exact) mass is 270 g/mol. The molecule has 0 aliphatic rings. The topological polar surface area (TPSA) is 17.8 Å². The lowest BCUT2D eigenvalue weighted by Gasteiger charge is -2.03. The fourth-order valence-electron chi connectivity index (χ4n) is 1.17. The summed E-state index contributed by atoms with van der Waals surface area (Å²) in [4.78, 5) is 0. The van der Waals surface area contributed by atoms with Gasteiger partial charge >= 0.3 is 0 Å². The van der Waals surface area contributed by atoms with Crippen LogP contribution in [0.1, 0.15) is 5.56 Å². The van der Waals surface area contributed by atoms with Crippen molar-refractivity contribution in [3.8, 4) is 5.69 Å². The van der Waals surface area contributed by atoms with Gasteiger partial charge in [-0.1, -0.05) is 33.6 Å². The molecule has 0 N–H and O–H groups in total. The number of hydrogen-bond donors (Lipinski definition) is 0. The lowest BCUT2D eigenvalue weighted by molar-refractivity contribution is 0.879. The summed E-state index contributed by atoms with van der Waals surface area (Å²) < 4.78 is 2.81. The average Bonchev–Trinajstić information content (AvgIpc) is 2.57. The Morgan fingerprint density at radius 1 is 1.43 bits per heavy atom. The molecular formula is C10H8BrClN2. The molecule has 1 heterocycles. The van der Waals surface area contributed by atoms with Gasteiger partial charge in [-0.2, -0.15) is 5.10 Å². The lowest BCUT2D eigenvalue weighted by Crippen LogP contribution is -1.94. The number of nitrogens with zero attached hydrogens (tertiary/aromatic N) is 2. The minimum absolute atomic E-state index is 0.640. The van der Waals surface area contributed by atoms with E-state index in [4.69, 9.17) is 11.6 Å². The normalized spacial score (nSPS) is 10.5. The highest BCUT2D eigenvalue weighted by Crippen LogP contribution is 2.20. The quantitative estimate of drug-likeness (QED) is 0.775. The van der Waals surface area contributed by atoms with Crippen molar-refractivity contribution in [1.29, 1.82) is 0 Å². The fourth-order valence-corrected chi connectivity index (χ4v) is 1.67. The summed E-state index contributed by atoms with van der Waals surface area (Å²) in [5, 5.41) is 4.76. The van der Waals surface area contributed by atoms with Crippen LogP contribution in [0.3, 0.4) is 0 Å². The number of halogens is 2. The van der Waals surface area contributed by atoms with Crippen LogP contribution in [0.25, 0.3) is 5.69 Å². The Hall–Kier alpha value is -0.800. The van der Waals surface area contributed by atoms with E-state index in [-0.39, 0.29) is 0 Å². The minimum Gasteiger partial charge on any atom is -0.239 e. The van der Waals surface area contributed by atoms with Crippen LogP contribution in [0.4, 0.5) is 0 Å². The Balaban J connectivity index is 2.47. The maximum Gasteiger partial charge on any atom is 0.0790 e. The molecule has 0 aliphatic heterocycles. The molecule has 72 valence electrons. The number of benzene rings is 1. The van der Waals surface area contributed by atoms with Gasteiger partial charge in [-0.15, -0.1) is 0 Å². The highest BCUT2D eigenvalue weighted by atomic mass is 79.9. The summed E-state index contributed by atoms with van der Waals surface area (Å²) in [6.07, 6.45) is 3.40. The third kappa shape index (κ3) is 1.83. The number of hydrogen-bond acceptors (Lipinski definition) is 1. The van der Waals surface area contributed by atoms with Gasteiger partial charge in [0.25, 0.3) is 0 Å². The second-order valence-electron chi connectivity index (χ2n) is 3.04. The first kappa shape index (κ1) is 9.74. The van der Waals surface area contributed by atoms with E-state index in [9.17, 15) is 0 Å². The van der Waals surface area contributed by atoms with Crippen molar-refractivity contribution in [2.45, 2.75) is 6.92 Å². The third-order valence-electron chi connectivity index (χ3n) is 1.97. The summed E-state index contributed by atoms with van der Waals surface area (Å²) in [5.74, 6) is 0. The molecule has 1 aromatic carbocycles. The molecule has 0 atom stereocenters. The smallest absolute Gasteiger partial charge is 0.0790 e. The molecule has 2 aromatic rings. The zero-order chi connectivity index (χ0) is 10.1. The Kier molecular flexibility index (Phi) is 2.61. The molecule has 0 radical (unpaired) electrons. The molecule has 0 fully saturated rings. The first-order valence-corrected chi connectivity index (χ1v) is 5.30. The standard InChI is InChI=1S/C10H8BrClN2/c1-7-2-3-9(4-10(7)11)14-6-8(12)5-13-14/h2-6H,1H3. The molecule has 2 rings (SSSR count). The number of rotatable bonds is 1. The average molecular weight is 272 g/mol. The first-order valence-electron chi connectivity index (χ1n) is 4.13. The van der Waals surface area contributed by atoms with Gasteiger partial charge in [-0.05, 0) is 24.6 Å². The Labute approximate surface area is 95.6 Å². The van der Waals surface area contributed by atoms with Crippen LogP contribution in [0.15, 0.2) is 35.1 Å². The summed E-state index contributed by atoms with van der Waals surface area (Å²) >= 11 is 9.26. The maximum absolute atomic E-state index is 5.79. The molecule has 0 bridgehead atoms.